The lowest BCUT2D eigenvalue weighted by Gasteiger charge is -2.15. The van der Waals surface area contributed by atoms with E-state index in [1.165, 1.54) is 4.57 Å². The number of aromatic hydroxyl groups is 1. The van der Waals surface area contributed by atoms with Crippen molar-refractivity contribution in [1.82, 2.24) is 4.57 Å². The fraction of sp³-hybridized carbons (Fsp3) is 0.0833. The number of hydrogen-bond donors (Lipinski definition) is 2. The molecule has 3 aromatic carbocycles. The minimum absolute atomic E-state index is 0.313. The summed E-state index contributed by atoms with van der Waals surface area (Å²) in [5, 5.41) is 13.9. The molecule has 0 atom stereocenters. The summed E-state index contributed by atoms with van der Waals surface area (Å²) in [5.41, 5.74) is 0.701. The zero-order valence-electron chi connectivity index (χ0n) is 16.3. The number of rotatable bonds is 5. The van der Waals surface area contributed by atoms with E-state index < -0.39 is 11.5 Å². The molecule has 0 saturated heterocycles. The molecule has 0 unspecified atom stereocenters. The number of nitrogens with zero attached hydrogens (tertiary/aromatic N) is 1. The van der Waals surface area contributed by atoms with Gasteiger partial charge in [0.25, 0.3) is 11.5 Å². The summed E-state index contributed by atoms with van der Waals surface area (Å²) in [7, 11) is 0. The number of para-hydroxylation sites is 2. The van der Waals surface area contributed by atoms with Gasteiger partial charge in [0.2, 0.25) is 0 Å². The molecule has 0 radical (unpaired) electrons. The molecule has 1 aromatic heterocycles. The summed E-state index contributed by atoms with van der Waals surface area (Å²) < 4.78 is 6.83. The number of aromatic nitrogens is 1. The van der Waals surface area contributed by atoms with Crippen molar-refractivity contribution >= 4 is 22.5 Å². The van der Waals surface area contributed by atoms with Crippen molar-refractivity contribution in [3.8, 4) is 17.2 Å². The molecular formula is C24H20N2O4. The van der Waals surface area contributed by atoms with Crippen LogP contribution in [-0.2, 0) is 0 Å². The molecule has 0 aliphatic heterocycles. The summed E-state index contributed by atoms with van der Waals surface area (Å²) >= 11 is 0. The maximum atomic E-state index is 13.3. The average Bonchev–Trinajstić information content (AvgIpc) is 2.76. The van der Waals surface area contributed by atoms with E-state index in [1.807, 2.05) is 25.1 Å². The third-order valence-electron chi connectivity index (χ3n) is 4.72. The lowest BCUT2D eigenvalue weighted by Crippen LogP contribution is -2.29. The summed E-state index contributed by atoms with van der Waals surface area (Å²) in [6, 6.07) is 22.8. The largest absolute Gasteiger partial charge is 0.506 e. The normalized spacial score (nSPS) is 10.7. The number of nitrogens with one attached hydrogen (secondary N) is 1. The van der Waals surface area contributed by atoms with Crippen LogP contribution < -0.4 is 15.6 Å². The van der Waals surface area contributed by atoms with Crippen LogP contribution in [0.4, 0.5) is 5.69 Å². The van der Waals surface area contributed by atoms with Gasteiger partial charge in [-0.2, -0.15) is 0 Å². The number of carbonyl (C=O) groups excluding carboxylic acids is 1. The standard InChI is InChI=1S/C24H20N2O4/c1-2-30-18-14-12-16(13-15-18)25-23(28)21-22(27)19-10-6-7-11-20(19)26(24(21)29)17-8-4-3-5-9-17/h3-15,27H,2H2,1H3,(H,25,28). The van der Waals surface area contributed by atoms with Gasteiger partial charge in [-0.15, -0.1) is 0 Å². The van der Waals surface area contributed by atoms with Gasteiger partial charge >= 0.3 is 0 Å². The van der Waals surface area contributed by atoms with Crippen molar-refractivity contribution in [3.63, 3.8) is 0 Å². The third-order valence-corrected chi connectivity index (χ3v) is 4.72. The smallest absolute Gasteiger partial charge is 0.272 e. The van der Waals surface area contributed by atoms with E-state index in [9.17, 15) is 14.7 Å². The first-order valence-electron chi connectivity index (χ1n) is 9.56. The van der Waals surface area contributed by atoms with E-state index in [0.717, 1.165) is 0 Å². The maximum Gasteiger partial charge on any atom is 0.272 e. The Morgan fingerprint density at radius 3 is 2.33 bits per heavy atom. The molecule has 2 N–H and O–H groups in total. The molecule has 0 aliphatic rings. The highest BCUT2D eigenvalue weighted by atomic mass is 16.5. The van der Waals surface area contributed by atoms with Gasteiger partial charge in [0.15, 0.2) is 0 Å². The number of ether oxygens (including phenoxy) is 1. The molecule has 1 heterocycles. The first kappa shape index (κ1) is 19.3. The van der Waals surface area contributed by atoms with E-state index >= 15 is 0 Å². The Morgan fingerprint density at radius 1 is 0.967 bits per heavy atom. The fourth-order valence-electron chi connectivity index (χ4n) is 3.36. The number of amides is 1. The Labute approximate surface area is 173 Å². The molecule has 6 heteroatoms. The topological polar surface area (TPSA) is 80.6 Å². The second-order valence-electron chi connectivity index (χ2n) is 6.63. The van der Waals surface area contributed by atoms with Crippen LogP contribution in [0.1, 0.15) is 17.3 Å². The number of carbonyl (C=O) groups is 1. The van der Waals surface area contributed by atoms with Gasteiger partial charge in [0.1, 0.15) is 17.1 Å². The van der Waals surface area contributed by atoms with E-state index in [0.29, 0.717) is 34.6 Å². The predicted molar refractivity (Wildman–Crippen MR) is 117 cm³/mol. The van der Waals surface area contributed by atoms with Crippen LogP contribution in [0.3, 0.4) is 0 Å². The number of anilines is 1. The van der Waals surface area contributed by atoms with Gasteiger partial charge in [-0.3, -0.25) is 14.2 Å². The maximum absolute atomic E-state index is 13.3. The number of fused-ring (bicyclic) bond motifs is 1. The van der Waals surface area contributed by atoms with E-state index in [4.69, 9.17) is 4.74 Å². The van der Waals surface area contributed by atoms with Crippen LogP contribution in [0.2, 0.25) is 0 Å². The predicted octanol–water partition coefficient (Wildman–Crippen LogP) is 4.35. The molecule has 150 valence electrons. The summed E-state index contributed by atoms with van der Waals surface area (Å²) in [6.45, 7) is 2.42. The minimum atomic E-state index is -0.683. The van der Waals surface area contributed by atoms with Gasteiger partial charge in [-0.25, -0.2) is 0 Å². The van der Waals surface area contributed by atoms with Crippen LogP contribution in [0.15, 0.2) is 83.7 Å². The molecule has 0 fully saturated rings. The van der Waals surface area contributed by atoms with Gasteiger partial charge in [-0.05, 0) is 55.5 Å². The van der Waals surface area contributed by atoms with E-state index in [1.54, 1.807) is 60.7 Å². The van der Waals surface area contributed by atoms with Crippen molar-refractivity contribution in [2.45, 2.75) is 6.92 Å². The SMILES string of the molecule is CCOc1ccc(NC(=O)c2c(O)c3ccccc3n(-c3ccccc3)c2=O)cc1. The minimum Gasteiger partial charge on any atom is -0.506 e. The van der Waals surface area contributed by atoms with Crippen molar-refractivity contribution in [2.24, 2.45) is 0 Å². The highest BCUT2D eigenvalue weighted by Gasteiger charge is 2.23. The second-order valence-corrected chi connectivity index (χ2v) is 6.63. The highest BCUT2D eigenvalue weighted by molar-refractivity contribution is 6.09. The molecule has 4 rings (SSSR count). The first-order valence-corrected chi connectivity index (χ1v) is 9.56. The quantitative estimate of drug-likeness (QED) is 0.522. The molecule has 4 aromatic rings. The van der Waals surface area contributed by atoms with Crippen LogP contribution in [-0.4, -0.2) is 22.2 Å². The summed E-state index contributed by atoms with van der Waals surface area (Å²) in [6.07, 6.45) is 0. The Kier molecular flexibility index (Phi) is 5.22. The molecule has 6 nitrogen and oxygen atoms in total. The molecule has 30 heavy (non-hydrogen) atoms. The average molecular weight is 400 g/mol. The Morgan fingerprint density at radius 2 is 1.63 bits per heavy atom. The molecular weight excluding hydrogens is 380 g/mol. The zero-order valence-corrected chi connectivity index (χ0v) is 16.3. The Hall–Kier alpha value is -4.06. The second kappa shape index (κ2) is 8.13. The molecule has 0 bridgehead atoms. The van der Waals surface area contributed by atoms with Crippen molar-refractivity contribution in [3.05, 3.63) is 94.8 Å². The van der Waals surface area contributed by atoms with Crippen molar-refractivity contribution < 1.29 is 14.6 Å². The van der Waals surface area contributed by atoms with Crippen LogP contribution in [0.25, 0.3) is 16.6 Å². The van der Waals surface area contributed by atoms with Crippen LogP contribution in [0, 0.1) is 0 Å². The zero-order chi connectivity index (χ0) is 21.1. The first-order chi connectivity index (χ1) is 14.6. The molecule has 0 spiro atoms. The lowest BCUT2D eigenvalue weighted by atomic mass is 10.1. The highest BCUT2D eigenvalue weighted by Crippen LogP contribution is 2.28. The summed E-state index contributed by atoms with van der Waals surface area (Å²) in [5.74, 6) is -0.348. The number of benzene rings is 3. The van der Waals surface area contributed by atoms with Crippen LogP contribution >= 0.6 is 0 Å². The van der Waals surface area contributed by atoms with Gasteiger partial charge in [0, 0.05) is 16.8 Å². The fourth-order valence-corrected chi connectivity index (χ4v) is 3.36. The molecule has 0 saturated carbocycles. The molecule has 1 amide bonds. The third kappa shape index (κ3) is 3.51. The number of hydrogen-bond acceptors (Lipinski definition) is 4. The molecule has 0 aliphatic carbocycles. The van der Waals surface area contributed by atoms with Crippen molar-refractivity contribution in [2.75, 3.05) is 11.9 Å². The van der Waals surface area contributed by atoms with Gasteiger partial charge < -0.3 is 15.2 Å². The monoisotopic (exact) mass is 400 g/mol. The van der Waals surface area contributed by atoms with Gasteiger partial charge in [-0.1, -0.05) is 30.3 Å². The van der Waals surface area contributed by atoms with Crippen LogP contribution in [0.5, 0.6) is 11.5 Å². The summed E-state index contributed by atoms with van der Waals surface area (Å²) in [4.78, 5) is 26.3. The Bertz CT molecular complexity index is 1260. The lowest BCUT2D eigenvalue weighted by molar-refractivity contribution is 0.102. The number of pyridine rings is 1. The van der Waals surface area contributed by atoms with Crippen molar-refractivity contribution in [1.29, 1.82) is 0 Å². The van der Waals surface area contributed by atoms with E-state index in [2.05, 4.69) is 5.32 Å². The van der Waals surface area contributed by atoms with E-state index in [-0.39, 0.29) is 11.3 Å². The van der Waals surface area contributed by atoms with Gasteiger partial charge in [0.05, 0.1) is 12.1 Å². The Balaban J connectivity index is 1.82.